The number of ether oxygens (including phenoxy) is 3. The van der Waals surface area contributed by atoms with Crippen molar-refractivity contribution >= 4 is 16.5 Å². The Morgan fingerprint density at radius 3 is 2.65 bits per heavy atom. The lowest BCUT2D eigenvalue weighted by atomic mass is 9.88. The van der Waals surface area contributed by atoms with Crippen molar-refractivity contribution in [2.75, 3.05) is 25.8 Å². The van der Waals surface area contributed by atoms with E-state index in [1.165, 1.54) is 57.1 Å². The number of anilines is 1. The van der Waals surface area contributed by atoms with Crippen LogP contribution in [0.1, 0.15) is 48.4 Å². The fourth-order valence-electron chi connectivity index (χ4n) is 5.78. The second-order valence-electron chi connectivity index (χ2n) is 10.1. The third kappa shape index (κ3) is 4.26. The van der Waals surface area contributed by atoms with E-state index in [1.807, 2.05) is 0 Å². The average molecular weight is 496 g/mol. The van der Waals surface area contributed by atoms with Crippen LogP contribution in [0.25, 0.3) is 22.0 Å². The largest absolute Gasteiger partial charge is 0.495 e. The molecule has 2 aliphatic rings. The molecule has 1 aromatic heterocycles. The normalized spacial score (nSPS) is 13.4. The van der Waals surface area contributed by atoms with Gasteiger partial charge in [-0.25, -0.2) is 0 Å². The summed E-state index contributed by atoms with van der Waals surface area (Å²) in [6.07, 6.45) is 7.71. The summed E-state index contributed by atoms with van der Waals surface area (Å²) in [5.41, 5.74) is 8.93. The Bertz CT molecular complexity index is 1480. The Balaban J connectivity index is 1.58. The second-order valence-corrected chi connectivity index (χ2v) is 10.1. The van der Waals surface area contributed by atoms with Crippen LogP contribution >= 0.6 is 0 Å². The maximum atomic E-state index is 5.84. The molecule has 0 saturated carbocycles. The topological polar surface area (TPSA) is 43.6 Å². The molecule has 1 N–H and O–H groups in total. The Kier molecular flexibility index (Phi) is 6.37. The zero-order valence-corrected chi connectivity index (χ0v) is 22.0. The van der Waals surface area contributed by atoms with Crippen LogP contribution in [0.15, 0.2) is 54.7 Å². The van der Waals surface area contributed by atoms with E-state index in [-0.39, 0.29) is 0 Å². The fraction of sp³-hybridized carbons (Fsp3) is 0.344. The van der Waals surface area contributed by atoms with Crippen LogP contribution in [0.5, 0.6) is 17.2 Å². The molecular formula is C32H35N2O3+. The predicted octanol–water partition coefficient (Wildman–Crippen LogP) is 6.59. The minimum Gasteiger partial charge on any atom is -0.495 e. The number of nitrogens with zero attached hydrogens (tertiary/aromatic N) is 1. The van der Waals surface area contributed by atoms with Gasteiger partial charge in [-0.05, 0) is 54.3 Å². The van der Waals surface area contributed by atoms with Gasteiger partial charge in [0.1, 0.15) is 5.75 Å². The van der Waals surface area contributed by atoms with E-state index in [9.17, 15) is 0 Å². The summed E-state index contributed by atoms with van der Waals surface area (Å²) in [7, 11) is 1.76. The molecule has 0 unspecified atom stereocenters. The monoisotopic (exact) mass is 495 g/mol. The molecular weight excluding hydrogens is 460 g/mol. The van der Waals surface area contributed by atoms with E-state index in [0.717, 1.165) is 55.3 Å². The van der Waals surface area contributed by atoms with Gasteiger partial charge >= 0.3 is 0 Å². The molecule has 190 valence electrons. The third-order valence-electron chi connectivity index (χ3n) is 7.80. The van der Waals surface area contributed by atoms with E-state index in [1.54, 1.807) is 7.11 Å². The summed E-state index contributed by atoms with van der Waals surface area (Å²) in [5, 5.41) is 6.21. The number of fused-ring (bicyclic) bond motifs is 5. The summed E-state index contributed by atoms with van der Waals surface area (Å²) in [4.78, 5) is 0. The highest BCUT2D eigenvalue weighted by Gasteiger charge is 2.32. The van der Waals surface area contributed by atoms with Gasteiger partial charge in [-0.3, -0.25) is 0 Å². The van der Waals surface area contributed by atoms with E-state index in [0.29, 0.717) is 6.79 Å². The van der Waals surface area contributed by atoms with Crippen molar-refractivity contribution in [3.05, 3.63) is 77.0 Å². The predicted molar refractivity (Wildman–Crippen MR) is 148 cm³/mol. The highest BCUT2D eigenvalue weighted by atomic mass is 16.7. The fourth-order valence-corrected chi connectivity index (χ4v) is 5.78. The third-order valence-corrected chi connectivity index (χ3v) is 7.80. The van der Waals surface area contributed by atoms with E-state index in [4.69, 9.17) is 14.2 Å². The molecule has 5 nitrogen and oxygen atoms in total. The quantitative estimate of drug-likeness (QED) is 0.221. The molecule has 3 heterocycles. The summed E-state index contributed by atoms with van der Waals surface area (Å²) in [5.74, 6) is 2.59. The number of benzene rings is 3. The van der Waals surface area contributed by atoms with Gasteiger partial charge in [-0.15, -0.1) is 0 Å². The Morgan fingerprint density at radius 1 is 1.00 bits per heavy atom. The molecule has 0 atom stereocenters. The van der Waals surface area contributed by atoms with Crippen LogP contribution in [0.2, 0.25) is 0 Å². The first-order chi connectivity index (χ1) is 18.2. The van der Waals surface area contributed by atoms with Crippen LogP contribution in [0.4, 0.5) is 5.69 Å². The first-order valence-electron chi connectivity index (χ1n) is 13.4. The van der Waals surface area contributed by atoms with Gasteiger partial charge < -0.3 is 19.5 Å². The van der Waals surface area contributed by atoms with Gasteiger partial charge in [0, 0.05) is 30.3 Å². The molecule has 4 aromatic rings. The second kappa shape index (κ2) is 9.97. The van der Waals surface area contributed by atoms with Crippen LogP contribution < -0.4 is 24.1 Å². The minimum absolute atomic E-state index is 0.291. The number of aryl methyl sites for hydroxylation is 3. The van der Waals surface area contributed by atoms with E-state index in [2.05, 4.69) is 78.5 Å². The molecule has 0 fully saturated rings. The van der Waals surface area contributed by atoms with Crippen LogP contribution in [-0.2, 0) is 19.4 Å². The molecule has 0 saturated heterocycles. The number of hydrogen-bond donors (Lipinski definition) is 1. The highest BCUT2D eigenvalue weighted by molar-refractivity contribution is 6.00. The van der Waals surface area contributed by atoms with Gasteiger partial charge in [-0.2, -0.15) is 4.57 Å². The minimum atomic E-state index is 0.291. The van der Waals surface area contributed by atoms with Gasteiger partial charge in [-0.1, -0.05) is 44.0 Å². The summed E-state index contributed by atoms with van der Waals surface area (Å²) >= 11 is 0. The maximum absolute atomic E-state index is 5.84. The number of nitrogens with one attached hydrogen (secondary N) is 1. The molecule has 0 radical (unpaired) electrons. The number of pyridine rings is 1. The molecule has 6 rings (SSSR count). The summed E-state index contributed by atoms with van der Waals surface area (Å²) in [6.45, 7) is 6.59. The van der Waals surface area contributed by atoms with Crippen molar-refractivity contribution in [3.63, 3.8) is 0 Å². The number of rotatable bonds is 8. The molecule has 0 aliphatic carbocycles. The van der Waals surface area contributed by atoms with Crippen LogP contribution in [0.3, 0.4) is 0 Å². The van der Waals surface area contributed by atoms with Crippen molar-refractivity contribution in [1.29, 1.82) is 0 Å². The zero-order chi connectivity index (χ0) is 25.4. The van der Waals surface area contributed by atoms with Crippen LogP contribution in [-0.4, -0.2) is 20.4 Å². The Morgan fingerprint density at radius 2 is 1.84 bits per heavy atom. The summed E-state index contributed by atoms with van der Waals surface area (Å²) in [6, 6.07) is 17.4. The first-order valence-corrected chi connectivity index (χ1v) is 13.4. The van der Waals surface area contributed by atoms with Gasteiger partial charge in [0.05, 0.1) is 23.7 Å². The zero-order valence-electron chi connectivity index (χ0n) is 22.0. The lowest BCUT2D eigenvalue weighted by Gasteiger charge is -2.22. The highest BCUT2D eigenvalue weighted by Crippen LogP contribution is 2.43. The van der Waals surface area contributed by atoms with Crippen molar-refractivity contribution in [2.24, 2.45) is 0 Å². The van der Waals surface area contributed by atoms with E-state index >= 15 is 0 Å². The SMILES string of the molecule is CCCCCNc1c(OC)ccc2c(Cc3ccccc3C)c3[n+](cc12)CCc1cc2c(cc1-3)OCO2. The molecule has 37 heavy (non-hydrogen) atoms. The smallest absolute Gasteiger partial charge is 0.231 e. The number of unbranched alkanes of at least 4 members (excludes halogenated alkanes) is 2. The van der Waals surface area contributed by atoms with Crippen molar-refractivity contribution in [1.82, 2.24) is 0 Å². The van der Waals surface area contributed by atoms with Gasteiger partial charge in [0.2, 0.25) is 12.5 Å². The molecule has 0 amide bonds. The van der Waals surface area contributed by atoms with Crippen molar-refractivity contribution < 1.29 is 18.8 Å². The number of methoxy groups -OCH3 is 1. The number of aromatic nitrogens is 1. The van der Waals surface area contributed by atoms with Crippen LogP contribution in [0, 0.1) is 6.92 Å². The summed E-state index contributed by atoms with van der Waals surface area (Å²) < 4.78 is 19.8. The van der Waals surface area contributed by atoms with Gasteiger partial charge in [0.15, 0.2) is 24.2 Å². The molecule has 0 spiro atoms. The molecule has 2 aliphatic heterocycles. The van der Waals surface area contributed by atoms with Gasteiger partial charge in [0.25, 0.3) is 0 Å². The number of hydrogen-bond acceptors (Lipinski definition) is 4. The average Bonchev–Trinajstić information content (AvgIpc) is 3.38. The van der Waals surface area contributed by atoms with Crippen molar-refractivity contribution in [3.8, 4) is 28.5 Å². The van der Waals surface area contributed by atoms with Crippen molar-refractivity contribution in [2.45, 2.75) is 52.5 Å². The standard InChI is InChI=1S/C32H34N2O3/c1-4-5-8-14-33-31-27-19-34-15-13-23-17-29-30(37-20-36-29)18-25(23)32(34)26(24(27)11-12-28(31)35-3)16-22-10-7-6-9-21(22)2/h6-7,9-12,17-19H,4-5,8,13-16,20H2,1-3H3/p+1. The molecule has 3 aromatic carbocycles. The maximum Gasteiger partial charge on any atom is 0.231 e. The molecule has 5 heteroatoms. The Hall–Kier alpha value is -3.73. The Labute approximate surface area is 219 Å². The lowest BCUT2D eigenvalue weighted by Crippen LogP contribution is -2.41. The molecule has 0 bridgehead atoms. The van der Waals surface area contributed by atoms with E-state index < -0.39 is 0 Å². The first kappa shape index (κ1) is 23.7. The lowest BCUT2D eigenvalue weighted by molar-refractivity contribution is -0.686.